The van der Waals surface area contributed by atoms with Gasteiger partial charge in [-0.15, -0.1) is 0 Å². The molecule has 0 aliphatic carbocycles. The Morgan fingerprint density at radius 3 is 1.28 bits per heavy atom. The number of rotatable bonds is 60. The number of aliphatic hydroxyl groups excluding tert-OH is 5. The van der Waals surface area contributed by atoms with Gasteiger partial charge in [-0.1, -0.05) is 288 Å². The molecule has 0 spiro atoms. The van der Waals surface area contributed by atoms with Crippen LogP contribution in [0.4, 0.5) is 0 Å². The lowest BCUT2D eigenvalue weighted by molar-refractivity contribution is -0.305. The normalized spacial score (nSPS) is 18.9. The Bertz CT molecular complexity index is 1520. The number of carbonyl (C=O) groups excluding carboxylic acids is 2. The van der Waals surface area contributed by atoms with Gasteiger partial charge in [0.05, 0.1) is 25.4 Å². The Balaban J connectivity index is 2.56. The highest BCUT2D eigenvalue weighted by Crippen LogP contribution is 2.26. The van der Waals surface area contributed by atoms with Crippen LogP contribution in [0.5, 0.6) is 0 Å². The van der Waals surface area contributed by atoms with Crippen LogP contribution in [0, 0.1) is 0 Å². The monoisotopic (exact) mass is 1160 g/mol. The van der Waals surface area contributed by atoms with Crippen molar-refractivity contribution >= 4 is 11.9 Å². The highest BCUT2D eigenvalue weighted by Gasteiger charge is 2.47. The van der Waals surface area contributed by atoms with E-state index in [1.165, 1.54) is 199 Å². The third-order valence-corrected chi connectivity index (χ3v) is 16.5. The zero-order valence-corrected chi connectivity index (χ0v) is 53.4. The van der Waals surface area contributed by atoms with Gasteiger partial charge in [-0.3, -0.25) is 9.59 Å². The predicted molar refractivity (Wildman–Crippen MR) is 343 cm³/mol. The van der Waals surface area contributed by atoms with Gasteiger partial charge in [0.25, 0.3) is 0 Å². The minimum absolute atomic E-state index is 0.125. The van der Waals surface area contributed by atoms with E-state index < -0.39 is 67.4 Å². The smallest absolute Gasteiger partial charge is 0.306 e. The maximum absolute atomic E-state index is 13.4. The Morgan fingerprint density at radius 2 is 0.841 bits per heavy atom. The molecule has 0 bridgehead atoms. The van der Waals surface area contributed by atoms with E-state index in [0.29, 0.717) is 12.8 Å². The van der Waals surface area contributed by atoms with Gasteiger partial charge >= 0.3 is 5.97 Å². The zero-order chi connectivity index (χ0) is 59.6. The summed E-state index contributed by atoms with van der Waals surface area (Å²) in [4.78, 5) is 26.6. The van der Waals surface area contributed by atoms with E-state index in [4.69, 9.17) is 14.2 Å². The molecular formula is C71H131NO10. The average molecular weight is 1160 g/mol. The van der Waals surface area contributed by atoms with Crippen molar-refractivity contribution in [3.63, 3.8) is 0 Å². The van der Waals surface area contributed by atoms with Crippen LogP contribution in [0.15, 0.2) is 48.6 Å². The lowest BCUT2D eigenvalue weighted by Gasteiger charge is -2.41. The van der Waals surface area contributed by atoms with Gasteiger partial charge in [0.2, 0.25) is 5.91 Å². The first-order valence-electron chi connectivity index (χ1n) is 34.9. The minimum atomic E-state index is -1.61. The summed E-state index contributed by atoms with van der Waals surface area (Å²) in [6.45, 7) is 5.79. The van der Waals surface area contributed by atoms with Crippen molar-refractivity contribution in [2.45, 2.75) is 378 Å². The van der Waals surface area contributed by atoms with E-state index in [9.17, 15) is 35.1 Å². The second kappa shape index (κ2) is 59.0. The maximum Gasteiger partial charge on any atom is 0.306 e. The molecule has 0 radical (unpaired) electrons. The number of hydrogen-bond donors (Lipinski definition) is 6. The van der Waals surface area contributed by atoms with E-state index in [0.717, 1.165) is 83.5 Å². The fourth-order valence-electron chi connectivity index (χ4n) is 10.9. The molecule has 1 fully saturated rings. The lowest BCUT2D eigenvalue weighted by Crippen LogP contribution is -2.61. The number of ether oxygens (including phenoxy) is 3. The van der Waals surface area contributed by atoms with Crippen molar-refractivity contribution in [2.75, 3.05) is 13.2 Å². The maximum atomic E-state index is 13.4. The number of aliphatic hydroxyl groups is 5. The zero-order valence-electron chi connectivity index (χ0n) is 53.4. The molecule has 11 heteroatoms. The molecule has 0 aromatic heterocycles. The van der Waals surface area contributed by atoms with Crippen molar-refractivity contribution in [1.82, 2.24) is 5.32 Å². The molecule has 82 heavy (non-hydrogen) atoms. The highest BCUT2D eigenvalue weighted by molar-refractivity contribution is 5.80. The van der Waals surface area contributed by atoms with E-state index in [1.54, 1.807) is 6.08 Å². The molecule has 0 saturated carbocycles. The largest absolute Gasteiger partial charge is 0.454 e. The molecule has 6 N–H and O–H groups in total. The van der Waals surface area contributed by atoms with E-state index >= 15 is 0 Å². The van der Waals surface area contributed by atoms with Crippen molar-refractivity contribution in [3.05, 3.63) is 48.6 Å². The number of carbonyl (C=O) groups is 2. The molecule has 1 aliphatic rings. The summed E-state index contributed by atoms with van der Waals surface area (Å²) in [6.07, 6.45) is 63.0. The second-order valence-corrected chi connectivity index (χ2v) is 24.3. The van der Waals surface area contributed by atoms with Gasteiger partial charge in [0.1, 0.15) is 24.4 Å². The molecule has 1 aliphatic heterocycles. The van der Waals surface area contributed by atoms with Crippen LogP contribution in [0.3, 0.4) is 0 Å². The van der Waals surface area contributed by atoms with E-state index in [2.05, 4.69) is 62.5 Å². The van der Waals surface area contributed by atoms with Gasteiger partial charge in [-0.05, 0) is 83.5 Å². The topological polar surface area (TPSA) is 175 Å². The SMILES string of the molecule is CCCCC/C=C\C/C=C\CCCCCCCCC(O)C(=O)NC(COC1OC(CO)C(O)C(O)C1OC(=O)CCCCCCCCCCCCCCCCC/C=C/CCCCCCCC)C(O)/C=C/CCCCCCCCCCCC. The molecule has 0 aromatic rings. The standard InChI is InChI=1S/C71H131NO10/c1-4-7-10-13-16-19-22-25-27-29-30-31-32-33-34-35-36-37-39-41-44-47-50-53-56-59-66(76)82-69-68(78)67(77)65(60-73)81-71(69)80-61-62(63(74)57-54-51-48-45-42-24-21-18-15-12-9-6-3)72-70(79)64(75)58-55-52-49-46-43-40-38-28-26-23-20-17-14-11-8-5-2/h17,20,25-28,54,57,62-65,67-69,71,73-75,77-78H,4-16,18-19,21-24,29-53,55-56,58-61H2,1-3H3,(H,72,79)/b20-17-,27-25+,28-26-,57-54+. The first-order valence-corrected chi connectivity index (χ1v) is 34.9. The molecule has 480 valence electrons. The Morgan fingerprint density at radius 1 is 0.476 bits per heavy atom. The van der Waals surface area contributed by atoms with Crippen LogP contribution in [0.25, 0.3) is 0 Å². The summed E-state index contributed by atoms with van der Waals surface area (Å²) in [6, 6.07) is -1.03. The lowest BCUT2D eigenvalue weighted by atomic mass is 9.99. The second-order valence-electron chi connectivity index (χ2n) is 24.3. The molecular weight excluding hydrogens is 1030 g/mol. The Kier molecular flexibility index (Phi) is 55.8. The number of allylic oxidation sites excluding steroid dienone is 7. The molecule has 1 rings (SSSR count). The molecule has 1 amide bonds. The molecule has 1 saturated heterocycles. The van der Waals surface area contributed by atoms with Crippen LogP contribution >= 0.6 is 0 Å². The Hall–Kier alpha value is -2.38. The summed E-state index contributed by atoms with van der Waals surface area (Å²) in [5, 5.41) is 57.1. The quantitative estimate of drug-likeness (QED) is 0.0195. The van der Waals surface area contributed by atoms with Gasteiger partial charge in [-0.2, -0.15) is 0 Å². The van der Waals surface area contributed by atoms with Crippen molar-refractivity contribution in [1.29, 1.82) is 0 Å². The third kappa shape index (κ3) is 45.9. The first-order chi connectivity index (χ1) is 40.2. The molecule has 11 nitrogen and oxygen atoms in total. The summed E-state index contributed by atoms with van der Waals surface area (Å²) in [7, 11) is 0. The first kappa shape index (κ1) is 77.6. The minimum Gasteiger partial charge on any atom is -0.454 e. The fraction of sp³-hybridized carbons (Fsp3) is 0.859. The number of esters is 1. The number of unbranched alkanes of at least 4 members (excludes halogenated alkanes) is 40. The van der Waals surface area contributed by atoms with Crippen LogP contribution in [-0.4, -0.2) is 99.6 Å². The van der Waals surface area contributed by atoms with Crippen LogP contribution < -0.4 is 5.32 Å². The average Bonchev–Trinajstić information content (AvgIpc) is 3.68. The van der Waals surface area contributed by atoms with Gasteiger partial charge < -0.3 is 45.1 Å². The van der Waals surface area contributed by atoms with Crippen LogP contribution in [-0.2, 0) is 23.8 Å². The predicted octanol–water partition coefficient (Wildman–Crippen LogP) is 17.6. The van der Waals surface area contributed by atoms with Crippen molar-refractivity contribution < 1.29 is 49.3 Å². The van der Waals surface area contributed by atoms with Crippen LogP contribution in [0.2, 0.25) is 0 Å². The third-order valence-electron chi connectivity index (χ3n) is 16.5. The fourth-order valence-corrected chi connectivity index (χ4v) is 10.9. The Labute approximate surface area is 504 Å². The van der Waals surface area contributed by atoms with E-state index in [1.807, 2.05) is 6.08 Å². The summed E-state index contributed by atoms with van der Waals surface area (Å²) < 4.78 is 17.7. The number of amides is 1. The van der Waals surface area contributed by atoms with Gasteiger partial charge in [0.15, 0.2) is 12.4 Å². The number of nitrogens with one attached hydrogen (secondary N) is 1. The van der Waals surface area contributed by atoms with Gasteiger partial charge in [0, 0.05) is 6.42 Å². The number of hydrogen-bond acceptors (Lipinski definition) is 10. The summed E-state index contributed by atoms with van der Waals surface area (Å²) >= 11 is 0. The van der Waals surface area contributed by atoms with Crippen molar-refractivity contribution in [3.8, 4) is 0 Å². The summed E-state index contributed by atoms with van der Waals surface area (Å²) in [5.74, 6) is -1.19. The molecule has 1 heterocycles. The molecule has 0 aromatic carbocycles. The molecule has 8 unspecified atom stereocenters. The summed E-state index contributed by atoms with van der Waals surface area (Å²) in [5.41, 5.74) is 0. The van der Waals surface area contributed by atoms with E-state index in [-0.39, 0.29) is 19.4 Å². The molecule has 8 atom stereocenters. The van der Waals surface area contributed by atoms with Crippen LogP contribution in [0.1, 0.15) is 329 Å². The van der Waals surface area contributed by atoms with Gasteiger partial charge in [-0.25, -0.2) is 0 Å². The highest BCUT2D eigenvalue weighted by atomic mass is 16.7. The van der Waals surface area contributed by atoms with Crippen molar-refractivity contribution in [2.24, 2.45) is 0 Å².